The molecule has 0 aliphatic carbocycles. The third-order valence-corrected chi connectivity index (χ3v) is 11.7. The van der Waals surface area contributed by atoms with E-state index in [9.17, 15) is 0 Å². The lowest BCUT2D eigenvalue weighted by Gasteiger charge is -2.20. The molecule has 9 heteroatoms. The van der Waals surface area contributed by atoms with Gasteiger partial charge in [0.15, 0.2) is 0 Å². The molecule has 4 heterocycles. The van der Waals surface area contributed by atoms with E-state index in [0.29, 0.717) is 6.61 Å². The van der Waals surface area contributed by atoms with E-state index in [4.69, 9.17) is 33.0 Å². The second-order valence-electron chi connectivity index (χ2n) is 14.5. The van der Waals surface area contributed by atoms with Crippen molar-refractivity contribution in [1.82, 2.24) is 23.9 Å². The molecule has 0 aliphatic heterocycles. The van der Waals surface area contributed by atoms with Gasteiger partial charge in [-0.3, -0.25) is 9.67 Å². The number of hydrogen-bond acceptors (Lipinski definition) is 4. The van der Waals surface area contributed by atoms with Gasteiger partial charge in [0.25, 0.3) is 0 Å². The Morgan fingerprint density at radius 2 is 1.72 bits per heavy atom. The van der Waals surface area contributed by atoms with Crippen molar-refractivity contribution >= 4 is 56.4 Å². The average Bonchev–Trinajstić information content (AvgIpc) is 3.75. The minimum Gasteiger partial charge on any atom is -0.494 e. The van der Waals surface area contributed by atoms with Crippen LogP contribution in [-0.4, -0.2) is 30.5 Å². The number of nitrogens with one attached hydrogen (secondary N) is 1. The second kappa shape index (κ2) is 15.0. The molecule has 4 aromatic heterocycles. The van der Waals surface area contributed by atoms with Crippen LogP contribution in [0.3, 0.4) is 0 Å². The molecule has 1 N–H and O–H groups in total. The largest absolute Gasteiger partial charge is 0.494 e. The number of anilines is 1. The molecular weight excluding hydrogens is 711 g/mol. The van der Waals surface area contributed by atoms with Crippen molar-refractivity contribution in [3.63, 3.8) is 0 Å². The number of pyridine rings is 1. The lowest BCUT2D eigenvalue weighted by Crippen LogP contribution is -2.08. The Balaban J connectivity index is 1.43. The minimum atomic E-state index is 0.169. The van der Waals surface area contributed by atoms with Crippen LogP contribution < -0.4 is 10.1 Å². The molecule has 1 atom stereocenters. The summed E-state index contributed by atoms with van der Waals surface area (Å²) in [7, 11) is 4.12. The number of halogens is 2. The average molecular weight is 760 g/mol. The van der Waals surface area contributed by atoms with E-state index in [1.807, 2.05) is 56.0 Å². The quantitative estimate of drug-likeness (QED) is 0.126. The first-order valence-electron chi connectivity index (χ1n) is 18.6. The van der Waals surface area contributed by atoms with E-state index in [1.165, 1.54) is 22.2 Å². The number of rotatable bonds is 12. The highest BCUT2D eigenvalue weighted by atomic mass is 35.5. The van der Waals surface area contributed by atoms with Crippen molar-refractivity contribution < 1.29 is 4.74 Å². The Morgan fingerprint density at radius 3 is 2.39 bits per heavy atom. The predicted octanol–water partition coefficient (Wildman–Crippen LogP) is 12.2. The fourth-order valence-electron chi connectivity index (χ4n) is 7.87. The topological polar surface area (TPSA) is 61.8 Å². The summed E-state index contributed by atoms with van der Waals surface area (Å²) in [4.78, 5) is 4.27. The van der Waals surface area contributed by atoms with Crippen LogP contribution in [0, 0.1) is 27.7 Å². The van der Waals surface area contributed by atoms with Gasteiger partial charge in [-0.15, -0.1) is 0 Å². The zero-order chi connectivity index (χ0) is 38.4. The van der Waals surface area contributed by atoms with Gasteiger partial charge in [0.1, 0.15) is 5.75 Å². The Morgan fingerprint density at radius 1 is 0.963 bits per heavy atom. The maximum absolute atomic E-state index is 7.27. The Labute approximate surface area is 328 Å². The van der Waals surface area contributed by atoms with Gasteiger partial charge in [0.2, 0.25) is 0 Å². The fourth-order valence-corrected chi connectivity index (χ4v) is 8.22. The molecule has 7 aromatic rings. The number of nitrogens with zero attached hydrogens (tertiary/aromatic N) is 5. The highest BCUT2D eigenvalue weighted by Gasteiger charge is 2.29. The van der Waals surface area contributed by atoms with Gasteiger partial charge >= 0.3 is 0 Å². The van der Waals surface area contributed by atoms with Gasteiger partial charge in [-0.05, 0) is 119 Å². The summed E-state index contributed by atoms with van der Waals surface area (Å²) in [5.41, 5.74) is 14.8. The molecule has 0 unspecified atom stereocenters. The molecule has 54 heavy (non-hydrogen) atoms. The third kappa shape index (κ3) is 6.69. The van der Waals surface area contributed by atoms with Crippen molar-refractivity contribution in [3.05, 3.63) is 123 Å². The summed E-state index contributed by atoms with van der Waals surface area (Å²) >= 11 is 13.7. The molecule has 0 bridgehead atoms. The van der Waals surface area contributed by atoms with Crippen LogP contribution in [0.15, 0.2) is 79.8 Å². The van der Waals surface area contributed by atoms with Gasteiger partial charge < -0.3 is 19.2 Å². The van der Waals surface area contributed by atoms with Gasteiger partial charge in [-0.25, -0.2) is 0 Å². The monoisotopic (exact) mass is 758 g/mol. The highest BCUT2D eigenvalue weighted by molar-refractivity contribution is 6.35. The van der Waals surface area contributed by atoms with Crippen molar-refractivity contribution in [2.24, 2.45) is 14.1 Å². The van der Waals surface area contributed by atoms with Crippen molar-refractivity contribution in [2.45, 2.75) is 66.8 Å². The van der Waals surface area contributed by atoms with E-state index >= 15 is 0 Å². The van der Waals surface area contributed by atoms with E-state index in [2.05, 4.69) is 97.3 Å². The molecule has 0 fully saturated rings. The third-order valence-electron chi connectivity index (χ3n) is 10.8. The number of benzene rings is 3. The van der Waals surface area contributed by atoms with Gasteiger partial charge in [-0.1, -0.05) is 48.8 Å². The number of aryl methyl sites for hydroxylation is 6. The first-order chi connectivity index (χ1) is 25.9. The van der Waals surface area contributed by atoms with E-state index < -0.39 is 0 Å². The molecule has 0 amide bonds. The van der Waals surface area contributed by atoms with Crippen LogP contribution in [0.1, 0.15) is 66.4 Å². The molecule has 7 nitrogen and oxygen atoms in total. The molecule has 0 aliphatic rings. The summed E-state index contributed by atoms with van der Waals surface area (Å²) < 4.78 is 13.1. The Bertz CT molecular complexity index is 2520. The maximum atomic E-state index is 7.27. The smallest absolute Gasteiger partial charge is 0.119 e. The summed E-state index contributed by atoms with van der Waals surface area (Å²) in [5, 5.41) is 12.1. The van der Waals surface area contributed by atoms with E-state index in [-0.39, 0.29) is 6.04 Å². The van der Waals surface area contributed by atoms with Crippen molar-refractivity contribution in [3.8, 4) is 28.1 Å². The normalized spacial score (nSPS) is 12.2. The molecule has 3 aromatic carbocycles. The van der Waals surface area contributed by atoms with Gasteiger partial charge in [-0.2, -0.15) is 5.10 Å². The zero-order valence-electron chi connectivity index (χ0n) is 32.4. The minimum absolute atomic E-state index is 0.169. The SMILES string of the molecule is C=C(Nc1cccnc1)c1ccc2c(c1)c(-c1c(CCCOc3cc(C)c(Cl)c(C)c3)c3ccc(Cl)c(-c4c(C)nn(C)c4C)c3n1[C@H](C)CC)cn2C. The lowest BCUT2D eigenvalue weighted by molar-refractivity contribution is 0.311. The first kappa shape index (κ1) is 37.3. The number of ether oxygens (including phenoxy) is 1. The van der Waals surface area contributed by atoms with Gasteiger partial charge in [0.05, 0.1) is 40.4 Å². The van der Waals surface area contributed by atoms with Crippen LogP contribution in [0.4, 0.5) is 5.69 Å². The highest BCUT2D eigenvalue weighted by Crippen LogP contribution is 2.47. The van der Waals surface area contributed by atoms with Crippen LogP contribution >= 0.6 is 23.2 Å². The van der Waals surface area contributed by atoms with Crippen LogP contribution in [-0.2, 0) is 20.5 Å². The second-order valence-corrected chi connectivity index (χ2v) is 15.3. The standard InChI is InChI=1S/C45H48Cl2N6O/c1-10-28(4)53-44(38-25-51(8)40-18-15-32(23-37(38)40)29(5)49-33-13-11-19-48-24-33)35(14-12-20-54-34-21-26(2)43(47)27(3)22-34)36-16-17-39(46)42(45(36)53)41-30(6)50-52(9)31(41)7/h11,13,15-19,21-25,28,49H,5,10,12,14,20H2,1-4,6-9H3/t28-/m1/s1. The van der Waals surface area contributed by atoms with Crippen LogP contribution in [0.5, 0.6) is 5.75 Å². The molecule has 0 saturated heterocycles. The summed E-state index contributed by atoms with van der Waals surface area (Å²) in [5.74, 6) is 0.843. The van der Waals surface area contributed by atoms with Crippen LogP contribution in [0.2, 0.25) is 10.0 Å². The number of fused-ring (bicyclic) bond motifs is 2. The number of aromatic nitrogens is 5. The molecule has 7 rings (SSSR count). The lowest BCUT2D eigenvalue weighted by atomic mass is 9.97. The van der Waals surface area contributed by atoms with Gasteiger partial charge in [0, 0.05) is 81.9 Å². The maximum Gasteiger partial charge on any atom is 0.119 e. The Hall–Kier alpha value is -4.98. The van der Waals surface area contributed by atoms with E-state index in [1.54, 1.807) is 6.20 Å². The molecular formula is C45H48Cl2N6O. The molecule has 0 saturated carbocycles. The predicted molar refractivity (Wildman–Crippen MR) is 227 cm³/mol. The van der Waals surface area contributed by atoms with Crippen molar-refractivity contribution in [1.29, 1.82) is 0 Å². The summed E-state index contributed by atoms with van der Waals surface area (Å²) in [6.07, 6.45) is 8.41. The molecule has 278 valence electrons. The zero-order valence-corrected chi connectivity index (χ0v) is 34.0. The van der Waals surface area contributed by atoms with Crippen LogP contribution in [0.25, 0.3) is 49.9 Å². The molecule has 0 spiro atoms. The van der Waals surface area contributed by atoms with E-state index in [0.717, 1.165) is 102 Å². The number of hydrogen-bond donors (Lipinski definition) is 1. The fraction of sp³-hybridized carbons (Fsp3) is 0.289. The summed E-state index contributed by atoms with van der Waals surface area (Å²) in [6.45, 7) is 17.8. The summed E-state index contributed by atoms with van der Waals surface area (Å²) in [6, 6.07) is 19.0. The first-order valence-corrected chi connectivity index (χ1v) is 19.4. The van der Waals surface area contributed by atoms with Crippen molar-refractivity contribution in [2.75, 3.05) is 11.9 Å². The Kier molecular flexibility index (Phi) is 10.4. The molecule has 0 radical (unpaired) electrons.